The molecule has 1 aromatic heterocycles. The van der Waals surface area contributed by atoms with Gasteiger partial charge in [-0.15, -0.1) is 0 Å². The van der Waals surface area contributed by atoms with Crippen LogP contribution in [-0.4, -0.2) is 29.2 Å². The third kappa shape index (κ3) is 8.85. The van der Waals surface area contributed by atoms with E-state index in [1.807, 2.05) is 18.2 Å². The van der Waals surface area contributed by atoms with Gasteiger partial charge >= 0.3 is 0 Å². The molecule has 0 aliphatic heterocycles. The second-order valence-electron chi connectivity index (χ2n) is 13.9. The zero-order chi connectivity index (χ0) is 31.7. The van der Waals surface area contributed by atoms with Crippen LogP contribution < -0.4 is 4.43 Å². The Kier molecular flexibility index (Phi) is 14.1. The molecule has 0 atom stereocenters. The zero-order valence-corrected chi connectivity index (χ0v) is 30.7. The van der Waals surface area contributed by atoms with Crippen LogP contribution in [0.25, 0.3) is 0 Å². The molecule has 42 heavy (non-hydrogen) atoms. The SMILES string of the molecule is CC(C)[Si](OC(=O)CCc1cc(CCCOCc2ccccc2)c(O[Si](C(C)C)(C(C)C)C(C)C)o1)(C(C)C)C(C)C. The topological polar surface area (TPSA) is 57.9 Å². The Bertz CT molecular complexity index is 1030. The smallest absolute Gasteiger partial charge is 0.292 e. The molecule has 0 saturated heterocycles. The van der Waals surface area contributed by atoms with Crippen molar-refractivity contribution in [2.75, 3.05) is 6.61 Å². The van der Waals surface area contributed by atoms with Gasteiger partial charge in [-0.1, -0.05) is 113 Å². The molecule has 0 unspecified atom stereocenters. The lowest BCUT2D eigenvalue weighted by atomic mass is 10.1. The molecule has 0 aliphatic rings. The highest BCUT2D eigenvalue weighted by Crippen LogP contribution is 2.45. The van der Waals surface area contributed by atoms with Gasteiger partial charge in [-0.25, -0.2) is 0 Å². The fourth-order valence-corrected chi connectivity index (χ4v) is 17.7. The van der Waals surface area contributed by atoms with Crippen LogP contribution in [0.4, 0.5) is 0 Å². The molecular weight excluding hydrogens is 557 g/mol. The van der Waals surface area contributed by atoms with E-state index in [9.17, 15) is 4.79 Å². The highest BCUT2D eigenvalue weighted by Gasteiger charge is 2.49. The second kappa shape index (κ2) is 16.3. The third-order valence-electron chi connectivity index (χ3n) is 9.22. The van der Waals surface area contributed by atoms with Gasteiger partial charge in [-0.3, -0.25) is 4.79 Å². The monoisotopic (exact) mass is 616 g/mol. The average molecular weight is 617 g/mol. The number of carbonyl (C=O) groups excluding carboxylic acids is 1. The van der Waals surface area contributed by atoms with Gasteiger partial charge in [0.05, 0.1) is 13.0 Å². The third-order valence-corrected chi connectivity index (χ3v) is 21.2. The van der Waals surface area contributed by atoms with Crippen LogP contribution in [0.15, 0.2) is 40.8 Å². The van der Waals surface area contributed by atoms with Gasteiger partial charge in [0.25, 0.3) is 28.6 Å². The molecule has 1 aromatic carbocycles. The minimum Gasteiger partial charge on any atom is -0.518 e. The summed E-state index contributed by atoms with van der Waals surface area (Å²) in [5.74, 6) is 1.34. The van der Waals surface area contributed by atoms with Gasteiger partial charge in [0.2, 0.25) is 0 Å². The quantitative estimate of drug-likeness (QED) is 0.123. The summed E-state index contributed by atoms with van der Waals surface area (Å²) in [6.45, 7) is 28.3. The van der Waals surface area contributed by atoms with E-state index >= 15 is 0 Å². The van der Waals surface area contributed by atoms with Crippen LogP contribution in [0.2, 0.25) is 33.2 Å². The molecule has 0 bridgehead atoms. The Morgan fingerprint density at radius 1 is 0.738 bits per heavy atom. The van der Waals surface area contributed by atoms with Crippen LogP contribution in [0.5, 0.6) is 5.95 Å². The van der Waals surface area contributed by atoms with Crippen molar-refractivity contribution in [1.29, 1.82) is 0 Å². The first-order chi connectivity index (χ1) is 19.7. The molecule has 0 spiro atoms. The van der Waals surface area contributed by atoms with Gasteiger partial charge in [0.1, 0.15) is 5.76 Å². The molecule has 238 valence electrons. The molecule has 0 saturated carbocycles. The summed E-state index contributed by atoms with van der Waals surface area (Å²) >= 11 is 0. The first-order valence-corrected chi connectivity index (χ1v) is 20.6. The Labute approximate surface area is 259 Å². The number of hydrogen-bond donors (Lipinski definition) is 0. The summed E-state index contributed by atoms with van der Waals surface area (Å²) in [7, 11) is -4.48. The van der Waals surface area contributed by atoms with E-state index in [4.69, 9.17) is 18.0 Å². The molecule has 0 fully saturated rings. The van der Waals surface area contributed by atoms with Crippen molar-refractivity contribution >= 4 is 22.6 Å². The zero-order valence-electron chi connectivity index (χ0n) is 28.7. The van der Waals surface area contributed by atoms with E-state index < -0.39 is 16.6 Å². The van der Waals surface area contributed by atoms with Crippen molar-refractivity contribution < 1.29 is 22.8 Å². The van der Waals surface area contributed by atoms with Crippen molar-refractivity contribution in [3.63, 3.8) is 0 Å². The summed E-state index contributed by atoms with van der Waals surface area (Å²) in [6.07, 6.45) is 2.50. The number of rotatable bonds is 18. The molecular formula is C35H60O5Si2. The lowest BCUT2D eigenvalue weighted by Crippen LogP contribution is -2.50. The molecule has 0 N–H and O–H groups in total. The summed E-state index contributed by atoms with van der Waals surface area (Å²) < 4.78 is 25.8. The average Bonchev–Trinajstić information content (AvgIpc) is 3.29. The van der Waals surface area contributed by atoms with Crippen LogP contribution in [0.3, 0.4) is 0 Å². The number of carbonyl (C=O) groups is 1. The van der Waals surface area contributed by atoms with E-state index in [1.165, 1.54) is 5.56 Å². The standard InChI is InChI=1S/C35H60O5Si2/c1-25(2)41(26(3)4,27(5)6)39-34(36)21-20-33-23-32(19-16-22-37-24-31-17-14-13-15-18-31)35(38-33)40-42(28(7)8,29(9)10)30(11)12/h13-15,17-18,23,25-30H,16,19-22,24H2,1-12H3. The van der Waals surface area contributed by atoms with Crippen LogP contribution in [0, 0.1) is 0 Å². The fraction of sp³-hybridized carbons (Fsp3) is 0.686. The second-order valence-corrected chi connectivity index (χ2v) is 24.6. The van der Waals surface area contributed by atoms with Crippen molar-refractivity contribution in [3.8, 4) is 5.95 Å². The van der Waals surface area contributed by atoms with E-state index in [-0.39, 0.29) is 5.97 Å². The normalized spacial score (nSPS) is 12.9. The predicted molar refractivity (Wildman–Crippen MR) is 180 cm³/mol. The summed E-state index contributed by atoms with van der Waals surface area (Å²) in [5, 5.41) is 0. The number of hydrogen-bond acceptors (Lipinski definition) is 5. The largest absolute Gasteiger partial charge is 0.518 e. The minimum absolute atomic E-state index is 0.109. The maximum absolute atomic E-state index is 13.2. The highest BCUT2D eigenvalue weighted by molar-refractivity contribution is 6.79. The Morgan fingerprint density at radius 3 is 1.76 bits per heavy atom. The predicted octanol–water partition coefficient (Wildman–Crippen LogP) is 10.6. The van der Waals surface area contributed by atoms with Crippen molar-refractivity contribution in [2.45, 2.75) is 149 Å². The fourth-order valence-electron chi connectivity index (χ4n) is 7.32. The number of furan rings is 1. The van der Waals surface area contributed by atoms with Crippen LogP contribution >= 0.6 is 0 Å². The summed E-state index contributed by atoms with van der Waals surface area (Å²) in [6, 6.07) is 12.4. The molecule has 1 heterocycles. The number of ether oxygens (including phenoxy) is 1. The van der Waals surface area contributed by atoms with Crippen molar-refractivity contribution in [1.82, 2.24) is 0 Å². The van der Waals surface area contributed by atoms with Gasteiger partial charge in [0.15, 0.2) is 0 Å². The maximum Gasteiger partial charge on any atom is 0.292 e. The number of benzene rings is 1. The van der Waals surface area contributed by atoms with Crippen molar-refractivity contribution in [3.05, 3.63) is 53.3 Å². The Morgan fingerprint density at radius 2 is 1.26 bits per heavy atom. The first kappa shape index (κ1) is 36.4. The summed E-state index contributed by atoms with van der Waals surface area (Å²) in [5.41, 5.74) is 4.65. The molecule has 2 rings (SSSR count). The van der Waals surface area contributed by atoms with Gasteiger partial charge in [0, 0.05) is 18.6 Å². The molecule has 7 heteroatoms. The molecule has 0 aliphatic carbocycles. The van der Waals surface area contributed by atoms with E-state index in [2.05, 4.69) is 101 Å². The maximum atomic E-state index is 13.2. The minimum atomic E-state index is -2.27. The van der Waals surface area contributed by atoms with Gasteiger partial charge in [-0.05, 0) is 57.7 Å². The van der Waals surface area contributed by atoms with Crippen LogP contribution in [-0.2, 0) is 33.4 Å². The van der Waals surface area contributed by atoms with Crippen molar-refractivity contribution in [2.24, 2.45) is 0 Å². The Balaban J connectivity index is 2.22. The van der Waals surface area contributed by atoms with Gasteiger partial charge in [-0.2, -0.15) is 0 Å². The highest BCUT2D eigenvalue weighted by atomic mass is 28.4. The van der Waals surface area contributed by atoms with E-state index in [0.717, 1.165) is 24.2 Å². The lowest BCUT2D eigenvalue weighted by Gasteiger charge is -2.41. The lowest BCUT2D eigenvalue weighted by molar-refractivity contribution is -0.135. The summed E-state index contributed by atoms with van der Waals surface area (Å²) in [4.78, 5) is 13.2. The number of aryl methyl sites for hydroxylation is 2. The first-order valence-electron chi connectivity index (χ1n) is 16.3. The van der Waals surface area contributed by atoms with Crippen LogP contribution in [0.1, 0.15) is 113 Å². The molecule has 2 aromatic rings. The van der Waals surface area contributed by atoms with E-state index in [1.54, 1.807) is 0 Å². The molecule has 5 nitrogen and oxygen atoms in total. The molecule has 0 amide bonds. The Hall–Kier alpha value is -1.84. The molecule has 0 radical (unpaired) electrons. The van der Waals surface area contributed by atoms with Gasteiger partial charge < -0.3 is 18.0 Å². The van der Waals surface area contributed by atoms with E-state index in [0.29, 0.717) is 65.2 Å².